The number of sulfone groups is 1. The molecule has 2 atom stereocenters. The molecule has 1 aliphatic carbocycles. The van der Waals surface area contributed by atoms with E-state index in [-0.39, 0.29) is 10.7 Å². The maximum absolute atomic E-state index is 12.0. The van der Waals surface area contributed by atoms with Crippen LogP contribution in [0.1, 0.15) is 38.5 Å². The molecule has 1 aromatic heterocycles. The Morgan fingerprint density at radius 1 is 1.25 bits per heavy atom. The van der Waals surface area contributed by atoms with Crippen LogP contribution in [0.3, 0.4) is 0 Å². The summed E-state index contributed by atoms with van der Waals surface area (Å²) in [5.41, 5.74) is 5.80. The van der Waals surface area contributed by atoms with Gasteiger partial charge in [0.1, 0.15) is 9.90 Å². The van der Waals surface area contributed by atoms with Crippen molar-refractivity contribution in [2.45, 2.75) is 49.5 Å². The van der Waals surface area contributed by atoms with Crippen LogP contribution in [0.2, 0.25) is 0 Å². The number of rotatable bonds is 2. The first-order valence-electron chi connectivity index (χ1n) is 7.20. The van der Waals surface area contributed by atoms with Gasteiger partial charge in [-0.05, 0) is 43.1 Å². The van der Waals surface area contributed by atoms with Crippen LogP contribution in [0.5, 0.6) is 0 Å². The minimum atomic E-state index is -3.33. The van der Waals surface area contributed by atoms with E-state index >= 15 is 0 Å². The normalized spacial score (nSPS) is 27.4. The lowest BCUT2D eigenvalue weighted by Crippen LogP contribution is -2.47. The summed E-state index contributed by atoms with van der Waals surface area (Å²) >= 11 is 1.24. The molecule has 112 valence electrons. The van der Waals surface area contributed by atoms with Gasteiger partial charge < -0.3 is 10.6 Å². The fourth-order valence-electron chi connectivity index (χ4n) is 3.69. The molecule has 20 heavy (non-hydrogen) atoms. The van der Waals surface area contributed by atoms with Gasteiger partial charge in [-0.3, -0.25) is 0 Å². The van der Waals surface area contributed by atoms with Crippen molar-refractivity contribution in [1.82, 2.24) is 4.37 Å². The van der Waals surface area contributed by atoms with Gasteiger partial charge in [-0.1, -0.05) is 12.8 Å². The van der Waals surface area contributed by atoms with Crippen molar-refractivity contribution in [3.8, 4) is 0 Å². The van der Waals surface area contributed by atoms with Crippen molar-refractivity contribution in [2.75, 3.05) is 23.4 Å². The van der Waals surface area contributed by atoms with E-state index in [1.54, 1.807) is 0 Å². The number of nitrogens with zero attached hydrogens (tertiary/aromatic N) is 2. The second-order valence-corrected chi connectivity index (χ2v) is 8.63. The zero-order valence-electron chi connectivity index (χ0n) is 11.7. The van der Waals surface area contributed by atoms with Crippen LogP contribution in [0, 0.1) is 5.92 Å². The van der Waals surface area contributed by atoms with Crippen LogP contribution in [0.4, 0.5) is 10.8 Å². The molecule has 0 bridgehead atoms. The second kappa shape index (κ2) is 5.18. The molecule has 2 aliphatic rings. The summed E-state index contributed by atoms with van der Waals surface area (Å²) in [6.45, 7) is 0.922. The van der Waals surface area contributed by atoms with E-state index in [2.05, 4.69) is 9.27 Å². The predicted octanol–water partition coefficient (Wildman–Crippen LogP) is 2.29. The highest BCUT2D eigenvalue weighted by Gasteiger charge is 2.37. The highest BCUT2D eigenvalue weighted by Crippen LogP contribution is 2.42. The SMILES string of the molecule is CS(=O)(=O)c1c(N)nsc1N1CCCC2CCCCC21. The molecule has 0 spiro atoms. The summed E-state index contributed by atoms with van der Waals surface area (Å²) < 4.78 is 28.1. The zero-order chi connectivity index (χ0) is 14.3. The monoisotopic (exact) mass is 315 g/mol. The third-order valence-corrected chi connectivity index (χ3v) is 6.71. The quantitative estimate of drug-likeness (QED) is 0.906. The Balaban J connectivity index is 2.00. The molecule has 7 heteroatoms. The Morgan fingerprint density at radius 3 is 2.70 bits per heavy atom. The third-order valence-electron chi connectivity index (χ3n) is 4.53. The van der Waals surface area contributed by atoms with E-state index in [0.29, 0.717) is 12.0 Å². The van der Waals surface area contributed by atoms with E-state index in [0.717, 1.165) is 24.4 Å². The van der Waals surface area contributed by atoms with Gasteiger partial charge in [-0.25, -0.2) is 8.42 Å². The summed E-state index contributed by atoms with van der Waals surface area (Å²) in [6.07, 6.45) is 8.58. The average molecular weight is 315 g/mol. The molecular formula is C13H21N3O2S2. The van der Waals surface area contributed by atoms with Crippen molar-refractivity contribution in [1.29, 1.82) is 0 Å². The minimum absolute atomic E-state index is 0.158. The Labute approximate surface area is 124 Å². The lowest BCUT2D eigenvalue weighted by molar-refractivity contribution is 0.244. The topological polar surface area (TPSA) is 76.3 Å². The number of nitrogen functional groups attached to an aromatic ring is 1. The van der Waals surface area contributed by atoms with E-state index in [9.17, 15) is 8.42 Å². The molecule has 1 saturated carbocycles. The van der Waals surface area contributed by atoms with Crippen molar-refractivity contribution in [3.63, 3.8) is 0 Å². The first-order chi connectivity index (χ1) is 9.48. The van der Waals surface area contributed by atoms with Crippen molar-refractivity contribution in [3.05, 3.63) is 0 Å². The van der Waals surface area contributed by atoms with Gasteiger partial charge in [0.25, 0.3) is 0 Å². The van der Waals surface area contributed by atoms with Crippen LogP contribution < -0.4 is 10.6 Å². The summed E-state index contributed by atoms with van der Waals surface area (Å²) in [6, 6.07) is 0.470. The highest BCUT2D eigenvalue weighted by molar-refractivity contribution is 7.91. The molecule has 2 N–H and O–H groups in total. The van der Waals surface area contributed by atoms with E-state index in [1.165, 1.54) is 43.5 Å². The van der Waals surface area contributed by atoms with Crippen molar-refractivity contribution in [2.24, 2.45) is 5.92 Å². The van der Waals surface area contributed by atoms with Crippen molar-refractivity contribution < 1.29 is 8.42 Å². The Bertz CT molecular complexity index is 595. The Hall–Kier alpha value is -0.820. The number of hydrogen-bond donors (Lipinski definition) is 1. The Kier molecular flexibility index (Phi) is 3.66. The molecule has 1 saturated heterocycles. The first kappa shape index (κ1) is 14.1. The van der Waals surface area contributed by atoms with E-state index in [1.807, 2.05) is 0 Å². The fourth-order valence-corrected chi connectivity index (χ4v) is 5.97. The van der Waals surface area contributed by atoms with E-state index < -0.39 is 9.84 Å². The number of fused-ring (bicyclic) bond motifs is 1. The molecule has 3 rings (SSSR count). The molecule has 2 fully saturated rings. The maximum atomic E-state index is 12.0. The van der Waals surface area contributed by atoms with Gasteiger partial charge in [0.2, 0.25) is 0 Å². The van der Waals surface area contributed by atoms with Crippen LogP contribution in [-0.4, -0.2) is 31.6 Å². The summed E-state index contributed by atoms with van der Waals surface area (Å²) in [5, 5.41) is 0.765. The molecule has 0 amide bonds. The molecule has 2 heterocycles. The summed E-state index contributed by atoms with van der Waals surface area (Å²) in [7, 11) is -3.33. The predicted molar refractivity (Wildman–Crippen MR) is 82.0 cm³/mol. The molecule has 1 aliphatic heterocycles. The van der Waals surface area contributed by atoms with Gasteiger partial charge in [-0.15, -0.1) is 0 Å². The standard InChI is InChI=1S/C13H21N3O2S2/c1-20(17,18)11-12(14)15-19-13(11)16-8-4-6-9-5-2-3-7-10(9)16/h9-10H,2-8H2,1H3,(H2,14,15). The lowest BCUT2D eigenvalue weighted by atomic mass is 9.78. The minimum Gasteiger partial charge on any atom is -0.382 e. The van der Waals surface area contributed by atoms with Crippen LogP contribution >= 0.6 is 11.5 Å². The highest BCUT2D eigenvalue weighted by atomic mass is 32.2. The Morgan fingerprint density at radius 2 is 1.95 bits per heavy atom. The van der Waals surface area contributed by atoms with Gasteiger partial charge in [-0.2, -0.15) is 4.37 Å². The number of hydrogen-bond acceptors (Lipinski definition) is 6. The zero-order valence-corrected chi connectivity index (χ0v) is 13.3. The first-order valence-corrected chi connectivity index (χ1v) is 9.87. The van der Waals surface area contributed by atoms with Crippen molar-refractivity contribution >= 4 is 32.2 Å². The number of nitrogens with two attached hydrogens (primary N) is 1. The smallest absolute Gasteiger partial charge is 0.182 e. The largest absolute Gasteiger partial charge is 0.382 e. The number of anilines is 2. The fraction of sp³-hybridized carbons (Fsp3) is 0.769. The maximum Gasteiger partial charge on any atom is 0.182 e. The van der Waals surface area contributed by atoms with Gasteiger partial charge >= 0.3 is 0 Å². The third kappa shape index (κ3) is 2.41. The molecule has 5 nitrogen and oxygen atoms in total. The molecule has 2 unspecified atom stereocenters. The van der Waals surface area contributed by atoms with Gasteiger partial charge in [0.15, 0.2) is 15.7 Å². The summed E-state index contributed by atoms with van der Waals surface area (Å²) in [4.78, 5) is 2.52. The van der Waals surface area contributed by atoms with E-state index in [4.69, 9.17) is 5.73 Å². The molecule has 0 radical (unpaired) electrons. The molecular weight excluding hydrogens is 294 g/mol. The molecule has 1 aromatic rings. The number of piperidine rings is 1. The van der Waals surface area contributed by atoms with Crippen LogP contribution in [0.25, 0.3) is 0 Å². The number of aromatic nitrogens is 1. The summed E-state index contributed by atoms with van der Waals surface area (Å²) in [5.74, 6) is 0.860. The van der Waals surface area contributed by atoms with Gasteiger partial charge in [0, 0.05) is 18.8 Å². The van der Waals surface area contributed by atoms with Crippen LogP contribution in [-0.2, 0) is 9.84 Å². The average Bonchev–Trinajstić information content (AvgIpc) is 2.80. The molecule has 0 aromatic carbocycles. The second-order valence-electron chi connectivity index (χ2n) is 5.92. The van der Waals surface area contributed by atoms with Crippen LogP contribution in [0.15, 0.2) is 4.90 Å². The van der Waals surface area contributed by atoms with Gasteiger partial charge in [0.05, 0.1) is 0 Å². The lowest BCUT2D eigenvalue weighted by Gasteiger charge is -2.44.